The number of carbonyl (C=O) groups is 3. The summed E-state index contributed by atoms with van der Waals surface area (Å²) in [5, 5.41) is 27.0. The quantitative estimate of drug-likeness (QED) is 0.313. The van der Waals surface area contributed by atoms with Gasteiger partial charge in [-0.2, -0.15) is 0 Å². The van der Waals surface area contributed by atoms with Gasteiger partial charge < -0.3 is 35.8 Å². The largest absolute Gasteiger partial charge is 0.480 e. The highest BCUT2D eigenvalue weighted by Crippen LogP contribution is 2.33. The standard InChI is InChI=1S/C26H35N7O6/c1-14-21(28-13-20(25(36)37)32-26(38)39-15(2)24(34)35)29-16(3)30-23(14)33-11-8-17(9-12-33)19-7-6-18-5-4-10-27-22(18)31-19/h6-7,15,17,20H,4-5,8-13H2,1-3H3,(H,27,31)(H,32,38)(H,34,35)(H,36,37)(H,28,29,30)/t15-,20?/m0/s1. The van der Waals surface area contributed by atoms with Crippen LogP contribution in [0.2, 0.25) is 0 Å². The molecule has 0 bridgehead atoms. The van der Waals surface area contributed by atoms with Crippen LogP contribution in [-0.2, 0) is 20.7 Å². The normalized spacial score (nSPS) is 16.8. The Balaban J connectivity index is 1.39. The van der Waals surface area contributed by atoms with E-state index < -0.39 is 30.2 Å². The van der Waals surface area contributed by atoms with Crippen LogP contribution in [0.4, 0.5) is 22.2 Å². The van der Waals surface area contributed by atoms with Gasteiger partial charge in [-0.1, -0.05) is 6.07 Å². The first kappa shape index (κ1) is 27.9. The van der Waals surface area contributed by atoms with Gasteiger partial charge in [0.05, 0.1) is 0 Å². The minimum atomic E-state index is -1.41. The lowest BCUT2D eigenvalue weighted by molar-refractivity contribution is -0.145. The highest BCUT2D eigenvalue weighted by molar-refractivity contribution is 5.82. The average molecular weight is 542 g/mol. The molecule has 1 unspecified atom stereocenters. The summed E-state index contributed by atoms with van der Waals surface area (Å²) in [5.41, 5.74) is 3.16. The number of piperidine rings is 1. The highest BCUT2D eigenvalue weighted by Gasteiger charge is 2.27. The van der Waals surface area contributed by atoms with E-state index >= 15 is 0 Å². The number of anilines is 3. The Kier molecular flexibility index (Phi) is 8.67. The van der Waals surface area contributed by atoms with Crippen LogP contribution in [0.15, 0.2) is 12.1 Å². The van der Waals surface area contributed by atoms with Crippen LogP contribution in [0.25, 0.3) is 0 Å². The number of amides is 1. The maximum atomic E-state index is 11.9. The maximum Gasteiger partial charge on any atom is 0.408 e. The third-order valence-electron chi connectivity index (χ3n) is 7.06. The Morgan fingerprint density at radius 3 is 2.56 bits per heavy atom. The van der Waals surface area contributed by atoms with E-state index in [1.165, 1.54) is 12.5 Å². The fourth-order valence-electron chi connectivity index (χ4n) is 4.84. The Morgan fingerprint density at radius 2 is 1.87 bits per heavy atom. The third kappa shape index (κ3) is 6.84. The molecule has 4 heterocycles. The fraction of sp³-hybridized carbons (Fsp3) is 0.538. The lowest BCUT2D eigenvalue weighted by atomic mass is 9.92. The molecule has 4 rings (SSSR count). The number of nitrogens with one attached hydrogen (secondary N) is 3. The van der Waals surface area contributed by atoms with Crippen LogP contribution in [0.5, 0.6) is 0 Å². The van der Waals surface area contributed by atoms with Crippen molar-refractivity contribution < 1.29 is 29.3 Å². The van der Waals surface area contributed by atoms with Crippen molar-refractivity contribution in [2.75, 3.05) is 41.7 Å². The van der Waals surface area contributed by atoms with Gasteiger partial charge >= 0.3 is 18.0 Å². The monoisotopic (exact) mass is 541 g/mol. The van der Waals surface area contributed by atoms with Gasteiger partial charge in [-0.15, -0.1) is 0 Å². The average Bonchev–Trinajstić information content (AvgIpc) is 2.92. The first-order chi connectivity index (χ1) is 18.6. The number of rotatable bonds is 9. The molecule has 1 fully saturated rings. The predicted octanol–water partition coefficient (Wildman–Crippen LogP) is 2.29. The van der Waals surface area contributed by atoms with Gasteiger partial charge in [0.15, 0.2) is 6.10 Å². The Labute approximate surface area is 226 Å². The summed E-state index contributed by atoms with van der Waals surface area (Å²) >= 11 is 0. The van der Waals surface area contributed by atoms with Gasteiger partial charge in [0.2, 0.25) is 0 Å². The lowest BCUT2D eigenvalue weighted by Gasteiger charge is -2.34. The van der Waals surface area contributed by atoms with Crippen LogP contribution in [0.1, 0.15) is 54.7 Å². The topological polar surface area (TPSA) is 179 Å². The molecule has 5 N–H and O–H groups in total. The molecular weight excluding hydrogens is 506 g/mol. The summed E-state index contributed by atoms with van der Waals surface area (Å²) in [4.78, 5) is 50.7. The van der Waals surface area contributed by atoms with Crippen molar-refractivity contribution in [2.24, 2.45) is 0 Å². The molecule has 1 amide bonds. The fourth-order valence-corrected chi connectivity index (χ4v) is 4.84. The highest BCUT2D eigenvalue weighted by atomic mass is 16.6. The van der Waals surface area contributed by atoms with Gasteiger partial charge in [0.1, 0.15) is 29.3 Å². The number of fused-ring (bicyclic) bond motifs is 1. The van der Waals surface area contributed by atoms with Crippen molar-refractivity contribution in [1.29, 1.82) is 0 Å². The number of carboxylic acid groups (broad SMARTS) is 2. The molecule has 13 heteroatoms. The Hall–Kier alpha value is -4.16. The molecule has 2 aromatic heterocycles. The molecule has 210 valence electrons. The SMILES string of the molecule is Cc1nc(NCC(NC(=O)O[C@@H](C)C(=O)O)C(=O)O)c(C)c(N2CCC(c3ccc4c(n3)NCCC4)CC2)n1. The van der Waals surface area contributed by atoms with E-state index in [1.54, 1.807) is 6.92 Å². The van der Waals surface area contributed by atoms with Crippen molar-refractivity contribution in [3.8, 4) is 0 Å². The number of carbonyl (C=O) groups excluding carboxylic acids is 1. The van der Waals surface area contributed by atoms with E-state index in [2.05, 4.69) is 47.7 Å². The number of aromatic nitrogens is 3. The van der Waals surface area contributed by atoms with Gasteiger partial charge in [-0.25, -0.2) is 29.3 Å². The molecule has 0 radical (unpaired) electrons. The van der Waals surface area contributed by atoms with E-state index in [0.29, 0.717) is 17.6 Å². The molecule has 2 aromatic rings. The van der Waals surface area contributed by atoms with E-state index in [0.717, 1.165) is 68.2 Å². The number of ether oxygens (including phenoxy) is 1. The maximum absolute atomic E-state index is 11.9. The minimum Gasteiger partial charge on any atom is -0.480 e. The molecule has 2 atom stereocenters. The smallest absolute Gasteiger partial charge is 0.408 e. The van der Waals surface area contributed by atoms with Crippen molar-refractivity contribution in [1.82, 2.24) is 20.3 Å². The summed E-state index contributed by atoms with van der Waals surface area (Å²) < 4.78 is 4.67. The molecule has 0 aliphatic carbocycles. The molecule has 39 heavy (non-hydrogen) atoms. The van der Waals surface area contributed by atoms with Crippen molar-refractivity contribution in [2.45, 2.75) is 64.5 Å². The number of alkyl carbamates (subject to hydrolysis) is 1. The lowest BCUT2D eigenvalue weighted by Crippen LogP contribution is -2.46. The number of hydrogen-bond acceptors (Lipinski definition) is 10. The van der Waals surface area contributed by atoms with Crippen molar-refractivity contribution in [3.63, 3.8) is 0 Å². The summed E-state index contributed by atoms with van der Waals surface area (Å²) in [5.74, 6) is 0.492. The zero-order valence-corrected chi connectivity index (χ0v) is 22.4. The van der Waals surface area contributed by atoms with Crippen LogP contribution in [-0.4, -0.2) is 81.5 Å². The van der Waals surface area contributed by atoms with Crippen LogP contribution >= 0.6 is 0 Å². The summed E-state index contributed by atoms with van der Waals surface area (Å²) in [6.07, 6.45) is 1.51. The van der Waals surface area contributed by atoms with E-state index in [4.69, 9.17) is 10.1 Å². The van der Waals surface area contributed by atoms with Crippen molar-refractivity contribution >= 4 is 35.5 Å². The number of carboxylic acids is 2. The second kappa shape index (κ2) is 12.1. The number of nitrogens with zero attached hydrogens (tertiary/aromatic N) is 4. The summed E-state index contributed by atoms with van der Waals surface area (Å²) in [7, 11) is 0. The molecule has 1 saturated heterocycles. The van der Waals surface area contributed by atoms with Gasteiger partial charge in [-0.05, 0) is 58.1 Å². The van der Waals surface area contributed by atoms with Crippen molar-refractivity contribution in [3.05, 3.63) is 34.8 Å². The van der Waals surface area contributed by atoms with Gasteiger partial charge in [0, 0.05) is 43.4 Å². The Bertz CT molecular complexity index is 1230. The summed E-state index contributed by atoms with van der Waals surface area (Å²) in [6, 6.07) is 2.97. The van der Waals surface area contributed by atoms with Gasteiger partial charge in [-0.3, -0.25) is 0 Å². The first-order valence-corrected chi connectivity index (χ1v) is 13.1. The number of aryl methyl sites for hydroxylation is 2. The zero-order valence-electron chi connectivity index (χ0n) is 22.4. The minimum absolute atomic E-state index is 0.192. The molecular formula is C26H35N7O6. The molecule has 0 spiro atoms. The van der Waals surface area contributed by atoms with E-state index in [1.807, 2.05) is 6.92 Å². The van der Waals surface area contributed by atoms with Crippen LogP contribution < -0.4 is 20.9 Å². The second-order valence-electron chi connectivity index (χ2n) is 9.91. The van der Waals surface area contributed by atoms with Crippen LogP contribution in [0.3, 0.4) is 0 Å². The molecule has 2 aliphatic rings. The number of pyridine rings is 1. The molecule has 2 aliphatic heterocycles. The molecule has 13 nitrogen and oxygen atoms in total. The van der Waals surface area contributed by atoms with Gasteiger partial charge in [0.25, 0.3) is 0 Å². The van der Waals surface area contributed by atoms with E-state index in [9.17, 15) is 19.5 Å². The number of hydrogen-bond donors (Lipinski definition) is 5. The zero-order chi connectivity index (χ0) is 28.1. The second-order valence-corrected chi connectivity index (χ2v) is 9.91. The Morgan fingerprint density at radius 1 is 1.13 bits per heavy atom. The number of aliphatic carboxylic acids is 2. The third-order valence-corrected chi connectivity index (χ3v) is 7.06. The van der Waals surface area contributed by atoms with Crippen LogP contribution in [0, 0.1) is 13.8 Å². The first-order valence-electron chi connectivity index (χ1n) is 13.1. The van der Waals surface area contributed by atoms with E-state index in [-0.39, 0.29) is 6.54 Å². The molecule has 0 aromatic carbocycles. The predicted molar refractivity (Wildman–Crippen MR) is 143 cm³/mol. The molecule has 0 saturated carbocycles. The summed E-state index contributed by atoms with van der Waals surface area (Å²) in [6.45, 7) is 7.16.